The molecule has 1 aromatic rings. The van der Waals surface area contributed by atoms with Gasteiger partial charge in [0.2, 0.25) is 18.6 Å². The number of hydrogen-bond acceptors (Lipinski definition) is 5. The van der Waals surface area contributed by atoms with Gasteiger partial charge < -0.3 is 19.7 Å². The van der Waals surface area contributed by atoms with Crippen LogP contribution in [-0.2, 0) is 9.59 Å². The number of piperidine rings is 3. The molecule has 1 N–H and O–H groups in total. The van der Waals surface area contributed by atoms with E-state index >= 15 is 0 Å². The van der Waals surface area contributed by atoms with Gasteiger partial charge in [-0.05, 0) is 49.5 Å². The Hall–Kier alpha value is -2.28. The average molecular weight is 399 g/mol. The van der Waals surface area contributed by atoms with Crippen LogP contribution in [0.4, 0.5) is 0 Å². The van der Waals surface area contributed by atoms with E-state index in [1.807, 2.05) is 19.9 Å². The molecule has 7 heteroatoms. The minimum absolute atomic E-state index is 0.0333. The van der Waals surface area contributed by atoms with Gasteiger partial charge in [-0.2, -0.15) is 0 Å². The van der Waals surface area contributed by atoms with E-state index in [0.717, 1.165) is 37.4 Å². The van der Waals surface area contributed by atoms with Crippen LogP contribution in [0, 0.1) is 11.8 Å². The van der Waals surface area contributed by atoms with Gasteiger partial charge in [-0.3, -0.25) is 14.5 Å². The van der Waals surface area contributed by atoms with Crippen LogP contribution in [0.5, 0.6) is 11.5 Å². The zero-order chi connectivity index (χ0) is 20.1. The van der Waals surface area contributed by atoms with Gasteiger partial charge in [0, 0.05) is 24.4 Å². The van der Waals surface area contributed by atoms with Gasteiger partial charge in [0.25, 0.3) is 0 Å². The van der Waals surface area contributed by atoms with Gasteiger partial charge in [0.1, 0.15) is 0 Å². The Morgan fingerprint density at radius 3 is 2.66 bits per heavy atom. The Balaban J connectivity index is 1.40. The monoisotopic (exact) mass is 399 g/mol. The average Bonchev–Trinajstić information content (AvgIpc) is 3.37. The Morgan fingerprint density at radius 1 is 1.14 bits per heavy atom. The third-order valence-electron chi connectivity index (χ3n) is 7.08. The molecule has 5 aliphatic heterocycles. The molecule has 6 rings (SSSR count). The SMILES string of the molecule is CC(C)C(=O)NCC(=O)N1C[C@H](c2ccc3c(c2)OCO3)[C@H]2[C@@H]1C1CCN2CC1. The molecular weight excluding hydrogens is 370 g/mol. The number of nitrogens with one attached hydrogen (secondary N) is 1. The van der Waals surface area contributed by atoms with E-state index in [0.29, 0.717) is 18.5 Å². The summed E-state index contributed by atoms with van der Waals surface area (Å²) in [6, 6.07) is 6.76. The second-order valence-electron chi connectivity index (χ2n) is 8.99. The summed E-state index contributed by atoms with van der Waals surface area (Å²) in [6.45, 7) is 6.95. The first-order chi connectivity index (χ1) is 14.0. The maximum atomic E-state index is 13.1. The molecule has 2 bridgehead atoms. The number of carbonyl (C=O) groups is 2. The van der Waals surface area contributed by atoms with Crippen molar-refractivity contribution in [2.24, 2.45) is 11.8 Å². The molecule has 3 atom stereocenters. The normalized spacial score (nSPS) is 31.8. The molecule has 0 aromatic heterocycles. The van der Waals surface area contributed by atoms with Gasteiger partial charge in [-0.1, -0.05) is 19.9 Å². The predicted octanol–water partition coefficient (Wildman–Crippen LogP) is 1.58. The number of hydrogen-bond donors (Lipinski definition) is 1. The summed E-state index contributed by atoms with van der Waals surface area (Å²) in [5.41, 5.74) is 1.21. The number of ether oxygens (including phenoxy) is 2. The highest BCUT2D eigenvalue weighted by atomic mass is 16.7. The smallest absolute Gasteiger partial charge is 0.242 e. The summed E-state index contributed by atoms with van der Waals surface area (Å²) in [5, 5.41) is 2.81. The van der Waals surface area contributed by atoms with Crippen molar-refractivity contribution in [2.75, 3.05) is 33.0 Å². The number of rotatable bonds is 4. The zero-order valence-corrected chi connectivity index (χ0v) is 17.1. The standard InChI is InChI=1S/C22H29N3O4/c1-13(2)22(27)23-10-19(26)25-11-16(15-3-4-17-18(9-15)29-12-28-17)21-20(25)14-5-7-24(21)8-6-14/h3-4,9,13-14,16,20-21H,5-8,10-12H2,1-2H3,(H,23,27)/t16-,20+,21+/m1/s1. The quantitative estimate of drug-likeness (QED) is 0.832. The first-order valence-corrected chi connectivity index (χ1v) is 10.7. The number of benzene rings is 1. The van der Waals surface area contributed by atoms with Crippen molar-refractivity contribution >= 4 is 11.8 Å². The summed E-state index contributed by atoms with van der Waals surface area (Å²) in [4.78, 5) is 29.7. The van der Waals surface area contributed by atoms with Crippen LogP contribution in [0.2, 0.25) is 0 Å². The van der Waals surface area contributed by atoms with Crippen LogP contribution in [0.25, 0.3) is 0 Å². The van der Waals surface area contributed by atoms with Gasteiger partial charge in [0.05, 0.1) is 12.6 Å². The third kappa shape index (κ3) is 3.16. The van der Waals surface area contributed by atoms with Gasteiger partial charge in [-0.15, -0.1) is 0 Å². The molecule has 5 aliphatic rings. The number of likely N-dealkylation sites (tertiary alicyclic amines) is 1. The van der Waals surface area contributed by atoms with Crippen LogP contribution in [0.15, 0.2) is 18.2 Å². The second-order valence-corrected chi connectivity index (χ2v) is 8.99. The fourth-order valence-electron chi connectivity index (χ4n) is 5.61. The molecule has 0 aliphatic carbocycles. The second kappa shape index (κ2) is 7.20. The van der Waals surface area contributed by atoms with Crippen molar-refractivity contribution in [2.45, 2.75) is 44.7 Å². The molecule has 1 aromatic carbocycles. The molecule has 0 spiro atoms. The number of fused-ring (bicyclic) bond motifs is 3. The van der Waals surface area contributed by atoms with Crippen LogP contribution in [0.1, 0.15) is 38.2 Å². The highest BCUT2D eigenvalue weighted by molar-refractivity contribution is 5.86. The van der Waals surface area contributed by atoms with E-state index in [4.69, 9.17) is 9.47 Å². The molecule has 5 heterocycles. The van der Waals surface area contributed by atoms with E-state index in [-0.39, 0.29) is 43.0 Å². The molecular formula is C22H29N3O4. The van der Waals surface area contributed by atoms with Crippen molar-refractivity contribution in [1.82, 2.24) is 15.1 Å². The minimum Gasteiger partial charge on any atom is -0.454 e. The largest absolute Gasteiger partial charge is 0.454 e. The summed E-state index contributed by atoms with van der Waals surface area (Å²) in [5.74, 6) is 2.23. The molecule has 0 saturated carbocycles. The summed E-state index contributed by atoms with van der Waals surface area (Å²) < 4.78 is 11.1. The molecule has 2 amide bonds. The molecule has 156 valence electrons. The first-order valence-electron chi connectivity index (χ1n) is 10.7. The molecule has 0 unspecified atom stereocenters. The lowest BCUT2D eigenvalue weighted by Gasteiger charge is -2.51. The Bertz CT molecular complexity index is 818. The van der Waals surface area contributed by atoms with Gasteiger partial charge in [-0.25, -0.2) is 0 Å². The molecule has 4 fully saturated rings. The highest BCUT2D eigenvalue weighted by Gasteiger charge is 2.54. The van der Waals surface area contributed by atoms with Crippen molar-refractivity contribution < 1.29 is 19.1 Å². The van der Waals surface area contributed by atoms with Crippen molar-refractivity contribution in [3.63, 3.8) is 0 Å². The Morgan fingerprint density at radius 2 is 1.90 bits per heavy atom. The summed E-state index contributed by atoms with van der Waals surface area (Å²) in [7, 11) is 0. The van der Waals surface area contributed by atoms with E-state index < -0.39 is 0 Å². The lowest BCUT2D eigenvalue weighted by atomic mass is 9.75. The molecule has 4 saturated heterocycles. The van der Waals surface area contributed by atoms with Crippen LogP contribution < -0.4 is 14.8 Å². The van der Waals surface area contributed by atoms with Crippen LogP contribution >= 0.6 is 0 Å². The minimum atomic E-state index is -0.118. The Kier molecular flexibility index (Phi) is 4.65. The van der Waals surface area contributed by atoms with E-state index in [1.54, 1.807) is 0 Å². The number of nitrogens with zero attached hydrogens (tertiary/aromatic N) is 2. The van der Waals surface area contributed by atoms with E-state index in [2.05, 4.69) is 27.2 Å². The zero-order valence-electron chi connectivity index (χ0n) is 17.1. The molecule has 0 radical (unpaired) electrons. The maximum absolute atomic E-state index is 13.1. The van der Waals surface area contributed by atoms with Crippen molar-refractivity contribution in [3.05, 3.63) is 23.8 Å². The van der Waals surface area contributed by atoms with E-state index in [1.165, 1.54) is 5.56 Å². The number of carbonyl (C=O) groups excluding carboxylic acids is 2. The van der Waals surface area contributed by atoms with E-state index in [9.17, 15) is 9.59 Å². The predicted molar refractivity (Wildman–Crippen MR) is 107 cm³/mol. The maximum Gasteiger partial charge on any atom is 0.242 e. The van der Waals surface area contributed by atoms with Crippen LogP contribution in [-0.4, -0.2) is 66.7 Å². The van der Waals surface area contributed by atoms with Crippen molar-refractivity contribution in [1.29, 1.82) is 0 Å². The van der Waals surface area contributed by atoms with Gasteiger partial charge in [0.15, 0.2) is 11.5 Å². The fraction of sp³-hybridized carbons (Fsp3) is 0.636. The Labute approximate surface area is 171 Å². The first kappa shape index (κ1) is 18.7. The molecule has 29 heavy (non-hydrogen) atoms. The number of amides is 2. The topological polar surface area (TPSA) is 71.1 Å². The third-order valence-corrected chi connectivity index (χ3v) is 7.08. The lowest BCUT2D eigenvalue weighted by Crippen LogP contribution is -2.61. The summed E-state index contributed by atoms with van der Waals surface area (Å²) >= 11 is 0. The van der Waals surface area contributed by atoms with Crippen molar-refractivity contribution in [3.8, 4) is 11.5 Å². The summed E-state index contributed by atoms with van der Waals surface area (Å²) in [6.07, 6.45) is 2.30. The lowest BCUT2D eigenvalue weighted by molar-refractivity contribution is -0.137. The fourth-order valence-corrected chi connectivity index (χ4v) is 5.61. The highest BCUT2D eigenvalue weighted by Crippen LogP contribution is 2.47. The van der Waals surface area contributed by atoms with Gasteiger partial charge >= 0.3 is 0 Å². The molecule has 7 nitrogen and oxygen atoms in total. The van der Waals surface area contributed by atoms with Crippen LogP contribution in [0.3, 0.4) is 0 Å².